The van der Waals surface area contributed by atoms with Gasteiger partial charge in [0.1, 0.15) is 11.4 Å². The molecule has 2 amide bonds. The summed E-state index contributed by atoms with van der Waals surface area (Å²) in [4.78, 5) is 36.7. The highest BCUT2D eigenvalue weighted by molar-refractivity contribution is 5.94. The average Bonchev–Trinajstić information content (AvgIpc) is 3.24. The number of hydrogen-bond acceptors (Lipinski definition) is 5. The average molecular weight is 362 g/mol. The van der Waals surface area contributed by atoms with Gasteiger partial charge in [-0.2, -0.15) is 5.10 Å². The molecule has 27 heavy (non-hydrogen) atoms. The van der Waals surface area contributed by atoms with E-state index in [9.17, 15) is 9.59 Å². The number of carbonyl (C=O) groups excluding carboxylic acids is 2. The van der Waals surface area contributed by atoms with Gasteiger partial charge in [0.2, 0.25) is 0 Å². The molecule has 8 nitrogen and oxygen atoms in total. The van der Waals surface area contributed by atoms with Crippen molar-refractivity contribution in [3.8, 4) is 11.3 Å². The molecule has 1 aliphatic heterocycles. The molecule has 4 heterocycles. The zero-order valence-electron chi connectivity index (χ0n) is 14.6. The minimum atomic E-state index is -0.118. The summed E-state index contributed by atoms with van der Waals surface area (Å²) < 4.78 is 0. The number of pyridine rings is 2. The molecule has 0 bridgehead atoms. The highest BCUT2D eigenvalue weighted by Crippen LogP contribution is 2.18. The van der Waals surface area contributed by atoms with Gasteiger partial charge >= 0.3 is 0 Å². The second-order valence-electron chi connectivity index (χ2n) is 6.20. The van der Waals surface area contributed by atoms with Gasteiger partial charge in [-0.3, -0.25) is 24.7 Å². The zero-order chi connectivity index (χ0) is 18.6. The Balaban J connectivity index is 1.39. The molecular formula is C19H18N6O2. The molecule has 136 valence electrons. The molecule has 0 aromatic carbocycles. The fraction of sp³-hybridized carbons (Fsp3) is 0.211. The highest BCUT2D eigenvalue weighted by Gasteiger charge is 2.26. The van der Waals surface area contributed by atoms with E-state index >= 15 is 0 Å². The van der Waals surface area contributed by atoms with Crippen LogP contribution in [-0.2, 0) is 0 Å². The monoisotopic (exact) mass is 362 g/mol. The van der Waals surface area contributed by atoms with Crippen LogP contribution >= 0.6 is 0 Å². The number of rotatable bonds is 3. The molecule has 0 radical (unpaired) electrons. The fourth-order valence-corrected chi connectivity index (χ4v) is 3.04. The summed E-state index contributed by atoms with van der Waals surface area (Å²) in [6, 6.07) is 10.7. The molecule has 1 fully saturated rings. The number of aromatic amines is 1. The van der Waals surface area contributed by atoms with Crippen LogP contribution in [0.1, 0.15) is 21.0 Å². The Bertz CT molecular complexity index is 933. The predicted molar refractivity (Wildman–Crippen MR) is 97.9 cm³/mol. The summed E-state index contributed by atoms with van der Waals surface area (Å²) >= 11 is 0. The van der Waals surface area contributed by atoms with Crippen molar-refractivity contribution in [3.63, 3.8) is 0 Å². The van der Waals surface area contributed by atoms with E-state index < -0.39 is 0 Å². The molecule has 0 saturated carbocycles. The van der Waals surface area contributed by atoms with Crippen molar-refractivity contribution < 1.29 is 9.59 Å². The first kappa shape index (κ1) is 16.9. The van der Waals surface area contributed by atoms with E-state index in [0.29, 0.717) is 43.3 Å². The lowest BCUT2D eigenvalue weighted by atomic mass is 10.2. The minimum Gasteiger partial charge on any atom is -0.334 e. The first-order chi connectivity index (χ1) is 13.2. The van der Waals surface area contributed by atoms with Gasteiger partial charge < -0.3 is 9.80 Å². The Kier molecular flexibility index (Phi) is 4.61. The molecule has 0 aliphatic carbocycles. The summed E-state index contributed by atoms with van der Waals surface area (Å²) in [5, 5.41) is 7.02. The smallest absolute Gasteiger partial charge is 0.272 e. The first-order valence-electron chi connectivity index (χ1n) is 8.68. The van der Waals surface area contributed by atoms with E-state index in [2.05, 4.69) is 20.2 Å². The maximum Gasteiger partial charge on any atom is 0.272 e. The van der Waals surface area contributed by atoms with Crippen molar-refractivity contribution in [2.24, 2.45) is 0 Å². The number of hydrogen-bond donors (Lipinski definition) is 1. The number of amides is 2. The molecule has 3 aromatic heterocycles. The van der Waals surface area contributed by atoms with Crippen LogP contribution in [0.3, 0.4) is 0 Å². The lowest BCUT2D eigenvalue weighted by molar-refractivity contribution is 0.0529. The molecule has 0 unspecified atom stereocenters. The van der Waals surface area contributed by atoms with Gasteiger partial charge in [-0.25, -0.2) is 0 Å². The molecular weight excluding hydrogens is 344 g/mol. The van der Waals surface area contributed by atoms with Crippen LogP contribution in [0.25, 0.3) is 11.3 Å². The van der Waals surface area contributed by atoms with Crippen molar-refractivity contribution in [1.29, 1.82) is 0 Å². The minimum absolute atomic E-state index is 0.107. The van der Waals surface area contributed by atoms with Crippen LogP contribution in [0.5, 0.6) is 0 Å². The quantitative estimate of drug-likeness (QED) is 0.761. The van der Waals surface area contributed by atoms with Crippen molar-refractivity contribution in [2.75, 3.05) is 26.2 Å². The van der Waals surface area contributed by atoms with Gasteiger partial charge in [-0.05, 0) is 30.3 Å². The Morgan fingerprint density at radius 2 is 1.59 bits per heavy atom. The second-order valence-corrected chi connectivity index (χ2v) is 6.20. The summed E-state index contributed by atoms with van der Waals surface area (Å²) in [5.41, 5.74) is 2.45. The summed E-state index contributed by atoms with van der Waals surface area (Å²) in [6.45, 7) is 1.90. The zero-order valence-corrected chi connectivity index (χ0v) is 14.6. The Morgan fingerprint density at radius 1 is 0.889 bits per heavy atom. The molecule has 0 atom stereocenters. The Hall–Kier alpha value is -3.55. The van der Waals surface area contributed by atoms with Gasteiger partial charge in [0.15, 0.2) is 0 Å². The summed E-state index contributed by atoms with van der Waals surface area (Å²) in [5.74, 6) is -0.225. The molecule has 4 rings (SSSR count). The summed E-state index contributed by atoms with van der Waals surface area (Å²) in [6.07, 6.45) is 4.97. The predicted octanol–water partition coefficient (Wildman–Crippen LogP) is 1.46. The van der Waals surface area contributed by atoms with Crippen molar-refractivity contribution in [2.45, 2.75) is 0 Å². The topological polar surface area (TPSA) is 95.1 Å². The van der Waals surface area contributed by atoms with Crippen LogP contribution in [0.4, 0.5) is 0 Å². The largest absolute Gasteiger partial charge is 0.334 e. The van der Waals surface area contributed by atoms with Crippen molar-refractivity contribution >= 4 is 11.8 Å². The van der Waals surface area contributed by atoms with Gasteiger partial charge in [0.05, 0.1) is 5.69 Å². The third kappa shape index (κ3) is 3.55. The molecule has 1 N–H and O–H groups in total. The molecule has 1 aliphatic rings. The van der Waals surface area contributed by atoms with Crippen LogP contribution in [0.2, 0.25) is 0 Å². The van der Waals surface area contributed by atoms with Crippen LogP contribution in [-0.4, -0.2) is 68.0 Å². The van der Waals surface area contributed by atoms with E-state index in [1.807, 2.05) is 12.1 Å². The third-order valence-electron chi connectivity index (χ3n) is 4.52. The lowest BCUT2D eigenvalue weighted by Gasteiger charge is -2.34. The molecule has 3 aromatic rings. The van der Waals surface area contributed by atoms with Crippen molar-refractivity contribution in [1.82, 2.24) is 30.0 Å². The van der Waals surface area contributed by atoms with Gasteiger partial charge in [-0.1, -0.05) is 6.07 Å². The number of aromatic nitrogens is 4. The number of nitrogens with one attached hydrogen (secondary N) is 1. The van der Waals surface area contributed by atoms with Crippen molar-refractivity contribution in [3.05, 3.63) is 66.4 Å². The van der Waals surface area contributed by atoms with Gasteiger partial charge in [0, 0.05) is 50.3 Å². The van der Waals surface area contributed by atoms with Crippen LogP contribution < -0.4 is 0 Å². The first-order valence-corrected chi connectivity index (χ1v) is 8.68. The number of piperazine rings is 1. The summed E-state index contributed by atoms with van der Waals surface area (Å²) in [7, 11) is 0. The number of carbonyl (C=O) groups is 2. The third-order valence-corrected chi connectivity index (χ3v) is 4.52. The Morgan fingerprint density at radius 3 is 2.26 bits per heavy atom. The standard InChI is InChI=1S/C19H18N6O2/c26-18(15-3-1-2-6-21-15)24-9-11-25(12-10-24)19(27)17-13-16(22-23-17)14-4-7-20-8-5-14/h1-8,13H,9-12H2,(H,22,23). The fourth-order valence-electron chi connectivity index (χ4n) is 3.04. The highest BCUT2D eigenvalue weighted by atomic mass is 16.2. The molecule has 0 spiro atoms. The molecule has 1 saturated heterocycles. The second kappa shape index (κ2) is 7.36. The Labute approximate surface area is 155 Å². The molecule has 8 heteroatoms. The van der Waals surface area contributed by atoms with E-state index in [1.165, 1.54) is 0 Å². The van der Waals surface area contributed by atoms with Gasteiger partial charge in [-0.15, -0.1) is 0 Å². The van der Waals surface area contributed by atoms with Gasteiger partial charge in [0.25, 0.3) is 11.8 Å². The van der Waals surface area contributed by atoms with E-state index in [0.717, 1.165) is 5.56 Å². The number of H-pyrrole nitrogens is 1. The van der Waals surface area contributed by atoms with E-state index in [-0.39, 0.29) is 11.8 Å². The van der Waals surface area contributed by atoms with E-state index in [4.69, 9.17) is 0 Å². The normalized spacial score (nSPS) is 14.2. The number of nitrogens with zero attached hydrogens (tertiary/aromatic N) is 5. The van der Waals surface area contributed by atoms with Crippen LogP contribution in [0.15, 0.2) is 55.0 Å². The van der Waals surface area contributed by atoms with E-state index in [1.54, 1.807) is 52.7 Å². The SMILES string of the molecule is O=C(c1ccccn1)N1CCN(C(=O)c2cc(-c3ccncc3)n[nH]2)CC1. The van der Waals surface area contributed by atoms with Crippen LogP contribution in [0, 0.1) is 0 Å². The maximum atomic E-state index is 12.7. The lowest BCUT2D eigenvalue weighted by Crippen LogP contribution is -2.50. The maximum absolute atomic E-state index is 12.7.